The lowest BCUT2D eigenvalue weighted by molar-refractivity contribution is 0.0177. The molecule has 2 aliphatic heterocycles. The van der Waals surface area contributed by atoms with E-state index >= 15 is 0 Å². The summed E-state index contributed by atoms with van der Waals surface area (Å²) in [6, 6.07) is 4.76. The maximum absolute atomic E-state index is 5.54. The molecule has 0 bridgehead atoms. The molecule has 27 heavy (non-hydrogen) atoms. The molecule has 3 heterocycles. The first-order chi connectivity index (χ1) is 12.7. The fourth-order valence-electron chi connectivity index (χ4n) is 3.52. The van der Waals surface area contributed by atoms with Gasteiger partial charge in [-0.25, -0.2) is 0 Å². The van der Waals surface area contributed by atoms with E-state index < -0.39 is 0 Å². The monoisotopic (exact) mass is 524 g/mol. The van der Waals surface area contributed by atoms with Crippen molar-refractivity contribution < 1.29 is 4.74 Å². The molecule has 2 saturated heterocycles. The summed E-state index contributed by atoms with van der Waals surface area (Å²) in [7, 11) is 0. The molecule has 2 unspecified atom stereocenters. The highest BCUT2D eigenvalue weighted by molar-refractivity contribution is 14.0. The summed E-state index contributed by atoms with van der Waals surface area (Å²) >= 11 is 3.90. The molecule has 0 saturated carbocycles. The Hall–Kier alpha value is -0.0300. The quantitative estimate of drug-likeness (QED) is 0.325. The van der Waals surface area contributed by atoms with Gasteiger partial charge >= 0.3 is 0 Å². The maximum atomic E-state index is 5.54. The van der Waals surface area contributed by atoms with Gasteiger partial charge in [-0.05, 0) is 43.9 Å². The zero-order chi connectivity index (χ0) is 18.2. The predicted octanol–water partition coefficient (Wildman–Crippen LogP) is 3.58. The van der Waals surface area contributed by atoms with Gasteiger partial charge < -0.3 is 15.4 Å². The van der Waals surface area contributed by atoms with Gasteiger partial charge in [0.1, 0.15) is 0 Å². The number of morpholine rings is 1. The molecular formula is C19H33IN4OS2. The van der Waals surface area contributed by atoms with Crippen LogP contribution in [0, 0.1) is 0 Å². The van der Waals surface area contributed by atoms with Crippen LogP contribution in [0.1, 0.15) is 37.6 Å². The van der Waals surface area contributed by atoms with Crippen LogP contribution in [0.2, 0.25) is 0 Å². The number of hydrogen-bond donors (Lipinski definition) is 2. The van der Waals surface area contributed by atoms with Crippen LogP contribution in [-0.2, 0) is 4.74 Å². The molecule has 2 N–H and O–H groups in total. The number of nitrogens with zero attached hydrogens (tertiary/aromatic N) is 2. The Kier molecular flexibility index (Phi) is 10.2. The zero-order valence-electron chi connectivity index (χ0n) is 16.4. The summed E-state index contributed by atoms with van der Waals surface area (Å²) < 4.78 is 5.85. The van der Waals surface area contributed by atoms with E-state index in [2.05, 4.69) is 58.7 Å². The lowest BCUT2D eigenvalue weighted by atomic mass is 10.1. The van der Waals surface area contributed by atoms with Crippen LogP contribution in [0.3, 0.4) is 0 Å². The highest BCUT2D eigenvalue weighted by Crippen LogP contribution is 2.37. The second kappa shape index (κ2) is 11.8. The standard InChI is InChI=1S/C19H32N4OS2.HI/c1-3-20-18(22-15-19(2)7-5-13-26-19)21-14-16(17-6-4-12-25-17)23-8-10-24-11-9-23;/h4,6,12,16H,3,5,7-11,13-15H2,1-2H3,(H2,20,21,22);1H. The second-order valence-electron chi connectivity index (χ2n) is 7.16. The van der Waals surface area contributed by atoms with Gasteiger partial charge in [-0.1, -0.05) is 6.07 Å². The van der Waals surface area contributed by atoms with Crippen molar-refractivity contribution in [2.45, 2.75) is 37.5 Å². The third-order valence-corrected chi connectivity index (χ3v) is 7.53. The summed E-state index contributed by atoms with van der Waals surface area (Å²) in [5.74, 6) is 2.21. The van der Waals surface area contributed by atoms with Gasteiger partial charge in [0.15, 0.2) is 5.96 Å². The van der Waals surface area contributed by atoms with Crippen molar-refractivity contribution in [3.05, 3.63) is 22.4 Å². The third kappa shape index (κ3) is 7.06. The number of guanidine groups is 1. The molecule has 3 rings (SSSR count). The minimum absolute atomic E-state index is 0. The first-order valence-corrected chi connectivity index (χ1v) is 11.6. The van der Waals surface area contributed by atoms with E-state index in [1.165, 1.54) is 23.5 Å². The van der Waals surface area contributed by atoms with Crippen LogP contribution < -0.4 is 10.6 Å². The molecule has 2 aliphatic rings. The lowest BCUT2D eigenvalue weighted by Gasteiger charge is -2.34. The fraction of sp³-hybridized carbons (Fsp3) is 0.737. The van der Waals surface area contributed by atoms with E-state index in [-0.39, 0.29) is 24.0 Å². The van der Waals surface area contributed by atoms with Gasteiger partial charge in [-0.3, -0.25) is 9.89 Å². The van der Waals surface area contributed by atoms with Gasteiger partial charge in [0.05, 0.1) is 25.8 Å². The average molecular weight is 525 g/mol. The van der Waals surface area contributed by atoms with Crippen LogP contribution >= 0.6 is 47.1 Å². The van der Waals surface area contributed by atoms with Gasteiger partial charge in [0.2, 0.25) is 0 Å². The van der Waals surface area contributed by atoms with E-state index in [1.54, 1.807) is 0 Å². The normalized spacial score (nSPS) is 25.0. The number of halogens is 1. The molecule has 5 nitrogen and oxygen atoms in total. The first-order valence-electron chi connectivity index (χ1n) is 9.71. The highest BCUT2D eigenvalue weighted by Gasteiger charge is 2.29. The molecule has 1 aromatic heterocycles. The van der Waals surface area contributed by atoms with E-state index in [9.17, 15) is 0 Å². The molecule has 0 aromatic carbocycles. The first kappa shape index (κ1) is 23.3. The molecule has 0 aliphatic carbocycles. The third-order valence-electron chi connectivity index (χ3n) is 5.04. The van der Waals surface area contributed by atoms with Gasteiger partial charge in [-0.15, -0.1) is 35.3 Å². The predicted molar refractivity (Wildman–Crippen MR) is 129 cm³/mol. The van der Waals surface area contributed by atoms with Crippen molar-refractivity contribution in [1.82, 2.24) is 15.5 Å². The van der Waals surface area contributed by atoms with Crippen molar-refractivity contribution in [2.24, 2.45) is 4.99 Å². The highest BCUT2D eigenvalue weighted by atomic mass is 127. The number of aliphatic imine (C=N–C) groups is 1. The van der Waals surface area contributed by atoms with Gasteiger partial charge in [-0.2, -0.15) is 11.8 Å². The number of hydrogen-bond acceptors (Lipinski definition) is 5. The largest absolute Gasteiger partial charge is 0.379 e. The van der Waals surface area contributed by atoms with Crippen LogP contribution in [0.15, 0.2) is 22.5 Å². The Labute approximate surface area is 189 Å². The lowest BCUT2D eigenvalue weighted by Crippen LogP contribution is -2.46. The summed E-state index contributed by atoms with van der Waals surface area (Å²) in [4.78, 5) is 8.84. The Morgan fingerprint density at radius 2 is 2.19 bits per heavy atom. The van der Waals surface area contributed by atoms with Crippen molar-refractivity contribution >= 4 is 53.0 Å². The van der Waals surface area contributed by atoms with Gasteiger partial charge in [0, 0.05) is 35.8 Å². The Balaban J connectivity index is 0.00000261. The molecule has 2 atom stereocenters. The topological polar surface area (TPSA) is 48.9 Å². The number of rotatable bonds is 7. The summed E-state index contributed by atoms with van der Waals surface area (Å²) in [6.07, 6.45) is 2.59. The number of thioether (sulfide) groups is 1. The summed E-state index contributed by atoms with van der Waals surface area (Å²) in [6.45, 7) is 10.7. The average Bonchev–Trinajstić information content (AvgIpc) is 3.33. The van der Waals surface area contributed by atoms with Crippen LogP contribution in [0.5, 0.6) is 0 Å². The molecule has 1 aromatic rings. The molecule has 154 valence electrons. The minimum atomic E-state index is 0. The zero-order valence-corrected chi connectivity index (χ0v) is 20.4. The molecule has 8 heteroatoms. The molecule has 2 fully saturated rings. The summed E-state index contributed by atoms with van der Waals surface area (Å²) in [5, 5.41) is 9.19. The number of thiophene rings is 1. The molecule has 0 radical (unpaired) electrons. The molecular weight excluding hydrogens is 491 g/mol. The SMILES string of the molecule is CCNC(=NCC1(C)CCCS1)NCC(c1cccs1)N1CCOCC1.I. The molecule has 0 spiro atoms. The van der Waals surface area contributed by atoms with Crippen LogP contribution in [0.25, 0.3) is 0 Å². The van der Waals surface area contributed by atoms with Crippen molar-refractivity contribution in [3.63, 3.8) is 0 Å². The van der Waals surface area contributed by atoms with Gasteiger partial charge in [0.25, 0.3) is 0 Å². The minimum Gasteiger partial charge on any atom is -0.379 e. The number of ether oxygens (including phenoxy) is 1. The second-order valence-corrected chi connectivity index (χ2v) is 9.82. The summed E-state index contributed by atoms with van der Waals surface area (Å²) in [5.41, 5.74) is 0. The van der Waals surface area contributed by atoms with E-state index in [0.717, 1.165) is 51.9 Å². The van der Waals surface area contributed by atoms with Crippen molar-refractivity contribution in [1.29, 1.82) is 0 Å². The van der Waals surface area contributed by atoms with Crippen molar-refractivity contribution in [3.8, 4) is 0 Å². The Morgan fingerprint density at radius 1 is 1.37 bits per heavy atom. The van der Waals surface area contributed by atoms with Crippen LogP contribution in [-0.4, -0.2) is 67.3 Å². The van der Waals surface area contributed by atoms with E-state index in [4.69, 9.17) is 9.73 Å². The Morgan fingerprint density at radius 3 is 2.81 bits per heavy atom. The smallest absolute Gasteiger partial charge is 0.191 e. The Bertz CT molecular complexity index is 558. The maximum Gasteiger partial charge on any atom is 0.191 e. The number of nitrogens with one attached hydrogen (secondary N) is 2. The molecule has 0 amide bonds. The van der Waals surface area contributed by atoms with E-state index in [0.29, 0.717) is 10.8 Å². The van der Waals surface area contributed by atoms with Crippen LogP contribution in [0.4, 0.5) is 0 Å². The fourth-order valence-corrected chi connectivity index (χ4v) is 5.61. The van der Waals surface area contributed by atoms with Crippen molar-refractivity contribution in [2.75, 3.05) is 51.7 Å². The van der Waals surface area contributed by atoms with E-state index in [1.807, 2.05) is 11.3 Å².